The van der Waals surface area contributed by atoms with Gasteiger partial charge in [0, 0.05) is 17.6 Å². The molecule has 0 spiro atoms. The molecule has 4 saturated heterocycles. The van der Waals surface area contributed by atoms with Crippen molar-refractivity contribution in [2.45, 2.75) is 98.4 Å². The number of fused-ring (bicyclic) bond motifs is 3. The molecule has 0 amide bonds. The monoisotopic (exact) mass is 984 g/mol. The number of benzene rings is 3. The van der Waals surface area contributed by atoms with Crippen molar-refractivity contribution in [1.29, 1.82) is 0 Å². The van der Waals surface area contributed by atoms with Crippen molar-refractivity contribution in [1.82, 2.24) is 0 Å². The summed E-state index contributed by atoms with van der Waals surface area (Å²) < 4.78 is 56.3. The quantitative estimate of drug-likeness (QED) is 0.0559. The van der Waals surface area contributed by atoms with E-state index in [2.05, 4.69) is 0 Å². The van der Waals surface area contributed by atoms with E-state index >= 15 is 0 Å². The molecule has 4 fully saturated rings. The number of hydrogen-bond donors (Lipinski definition) is 10. The number of rotatable bonds is 12. The van der Waals surface area contributed by atoms with Crippen molar-refractivity contribution in [3.63, 3.8) is 0 Å². The van der Waals surface area contributed by atoms with E-state index in [1.165, 1.54) is 75.8 Å². The van der Waals surface area contributed by atoms with Gasteiger partial charge in [-0.2, -0.15) is 0 Å². The molecule has 3 aromatic rings. The van der Waals surface area contributed by atoms with Crippen LogP contribution in [0.5, 0.6) is 28.7 Å². The summed E-state index contributed by atoms with van der Waals surface area (Å²) in [4.78, 5) is 41.3. The van der Waals surface area contributed by atoms with E-state index in [-0.39, 0.29) is 34.1 Å². The van der Waals surface area contributed by atoms with Crippen LogP contribution in [0.4, 0.5) is 0 Å². The maximum Gasteiger partial charge on any atom is 0.335 e. The molecule has 16 atom stereocenters. The fourth-order valence-corrected chi connectivity index (χ4v) is 9.01. The van der Waals surface area contributed by atoms with Crippen molar-refractivity contribution in [2.24, 2.45) is 5.92 Å². The Morgan fingerprint density at radius 1 is 0.829 bits per heavy atom. The lowest BCUT2D eigenvalue weighted by molar-refractivity contribution is -0.383. The second-order valence-corrected chi connectivity index (χ2v) is 17.1. The van der Waals surface area contributed by atoms with Crippen LogP contribution in [0.15, 0.2) is 66.2 Å². The summed E-state index contributed by atoms with van der Waals surface area (Å²) in [6.45, 7) is -1.13. The van der Waals surface area contributed by atoms with Gasteiger partial charge in [0.25, 0.3) is 0 Å². The highest BCUT2D eigenvalue weighted by molar-refractivity contribution is 6.03. The Bertz CT molecular complexity index is 2460. The Morgan fingerprint density at radius 3 is 2.19 bits per heavy atom. The molecule has 0 radical (unpaired) electrons. The highest BCUT2D eigenvalue weighted by Gasteiger charge is 2.62. The third-order valence-corrected chi connectivity index (χ3v) is 12.8. The molecule has 23 nitrogen and oxygen atoms in total. The minimum absolute atomic E-state index is 0.0156. The van der Waals surface area contributed by atoms with E-state index < -0.39 is 141 Å². The molecule has 378 valence electrons. The zero-order valence-electron chi connectivity index (χ0n) is 37.5. The van der Waals surface area contributed by atoms with Gasteiger partial charge in [0.05, 0.1) is 25.9 Å². The number of esters is 3. The third-order valence-electron chi connectivity index (χ3n) is 12.8. The number of methoxy groups -OCH3 is 2. The van der Waals surface area contributed by atoms with E-state index in [9.17, 15) is 65.4 Å². The minimum Gasteiger partial charge on any atom is -0.508 e. The number of carbonyl (C=O) groups is 3. The molecular formula is C47H52O23. The van der Waals surface area contributed by atoms with Gasteiger partial charge in [0.2, 0.25) is 17.8 Å². The number of aliphatic hydroxyl groups excluding tert-OH is 8. The first-order valence-electron chi connectivity index (χ1n) is 21.9. The fourth-order valence-electron chi connectivity index (χ4n) is 9.01. The van der Waals surface area contributed by atoms with Gasteiger partial charge < -0.3 is 98.4 Å². The van der Waals surface area contributed by atoms with E-state index in [1.807, 2.05) is 0 Å². The van der Waals surface area contributed by atoms with Crippen LogP contribution in [-0.2, 0) is 47.5 Å². The van der Waals surface area contributed by atoms with E-state index in [4.69, 9.17) is 47.4 Å². The van der Waals surface area contributed by atoms with Gasteiger partial charge in [0.1, 0.15) is 92.2 Å². The fraction of sp³-hybridized carbons (Fsp3) is 0.468. The maximum absolute atomic E-state index is 14.6. The molecule has 0 saturated carbocycles. The molecule has 4 aliphatic heterocycles. The summed E-state index contributed by atoms with van der Waals surface area (Å²) in [5.41, 5.74) is 1.15. The number of ether oxygens (including phenoxy) is 10. The van der Waals surface area contributed by atoms with Crippen LogP contribution in [0.2, 0.25) is 0 Å². The second kappa shape index (κ2) is 20.4. The van der Waals surface area contributed by atoms with Crippen LogP contribution in [0.1, 0.15) is 35.1 Å². The number of aromatic hydroxyl groups is 2. The second-order valence-electron chi connectivity index (χ2n) is 17.1. The van der Waals surface area contributed by atoms with Crippen LogP contribution in [0.3, 0.4) is 0 Å². The van der Waals surface area contributed by atoms with E-state index in [0.29, 0.717) is 16.7 Å². The summed E-state index contributed by atoms with van der Waals surface area (Å²) >= 11 is 0. The number of phenolic OH excluding ortho intramolecular Hbond substituents is 2. The zero-order chi connectivity index (χ0) is 50.3. The third kappa shape index (κ3) is 9.50. The smallest absolute Gasteiger partial charge is 0.335 e. The van der Waals surface area contributed by atoms with Gasteiger partial charge in [-0.3, -0.25) is 4.79 Å². The van der Waals surface area contributed by atoms with Crippen LogP contribution in [0, 0.1) is 5.92 Å². The molecule has 16 unspecified atom stereocenters. The van der Waals surface area contributed by atoms with Crippen molar-refractivity contribution in [2.75, 3.05) is 34.0 Å². The van der Waals surface area contributed by atoms with E-state index in [0.717, 1.165) is 6.08 Å². The standard InChI is InChI=1S/C47H52O23/c1-19-33(51)36(54)38(56)45(65-19)66-24-11-4-20(5-12-24)6-13-29(50)63-16-27-34(52)37(55)39(57)46(67-27)70-47(18-48)42(58)40-28(69-47)17-64-43(59)25-14-22-15-26(61-2)35(53)41(62-3)31(22)30(32(25)44(60)68-40)21-7-9-23(49)10-8-21/h4-15,19,27-28,30,32-34,36-40,42,45-46,48-49,51-58H,16-18H2,1-3H3. The molecule has 4 heterocycles. The maximum atomic E-state index is 14.6. The number of carbonyl (C=O) groups excluding carboxylic acids is 3. The van der Waals surface area contributed by atoms with Gasteiger partial charge >= 0.3 is 17.9 Å². The molecular weight excluding hydrogens is 932 g/mol. The van der Waals surface area contributed by atoms with Gasteiger partial charge in [0.15, 0.2) is 23.9 Å². The Kier molecular flexibility index (Phi) is 14.7. The first-order chi connectivity index (χ1) is 33.4. The Balaban J connectivity index is 0.959. The van der Waals surface area contributed by atoms with Gasteiger partial charge in [-0.15, -0.1) is 0 Å². The largest absolute Gasteiger partial charge is 0.508 e. The zero-order valence-corrected chi connectivity index (χ0v) is 37.5. The lowest BCUT2D eigenvalue weighted by Gasteiger charge is -2.43. The molecule has 0 aromatic heterocycles. The molecule has 10 N–H and O–H groups in total. The van der Waals surface area contributed by atoms with Crippen molar-refractivity contribution < 1.29 is 113 Å². The van der Waals surface area contributed by atoms with Crippen LogP contribution >= 0.6 is 0 Å². The van der Waals surface area contributed by atoms with Crippen molar-refractivity contribution >= 4 is 30.1 Å². The summed E-state index contributed by atoms with van der Waals surface area (Å²) in [6, 6.07) is 13.1. The lowest BCUT2D eigenvalue weighted by atomic mass is 9.71. The average Bonchev–Trinajstić information content (AvgIpc) is 3.63. The van der Waals surface area contributed by atoms with Gasteiger partial charge in [-0.1, -0.05) is 24.3 Å². The number of hydrogen-bond acceptors (Lipinski definition) is 23. The Labute approximate surface area is 397 Å². The number of phenols is 2. The first kappa shape index (κ1) is 50.5. The first-order valence-corrected chi connectivity index (χ1v) is 21.9. The SMILES string of the molecule is COc1cc2c(c(OC)c1O)C(c1ccc(O)cc1)C1C(=O)OC3C(COC(=O)C1=C2)OC(CO)(OC1OC(COC(=O)C=Cc2ccc(OC4OC(C)C(O)C(O)C4O)cc2)C(O)C(O)C1O)C3O. The van der Waals surface area contributed by atoms with Crippen LogP contribution in [-0.4, -0.2) is 189 Å². The molecule has 8 rings (SSSR count). The Hall–Kier alpha value is -5.93. The molecule has 0 bridgehead atoms. The van der Waals surface area contributed by atoms with Crippen molar-refractivity contribution in [3.05, 3.63) is 88.5 Å². The average molecular weight is 985 g/mol. The molecule has 1 aliphatic carbocycles. The summed E-state index contributed by atoms with van der Waals surface area (Å²) in [6.07, 6.45) is -17.7. The normalized spacial score (nSPS) is 35.1. The van der Waals surface area contributed by atoms with E-state index in [1.54, 1.807) is 12.1 Å². The summed E-state index contributed by atoms with van der Waals surface area (Å²) in [5.74, 6) is -8.85. The van der Waals surface area contributed by atoms with Crippen LogP contribution in [0.25, 0.3) is 12.2 Å². The predicted molar refractivity (Wildman–Crippen MR) is 231 cm³/mol. The summed E-state index contributed by atoms with van der Waals surface area (Å²) in [7, 11) is 2.58. The highest BCUT2D eigenvalue weighted by Crippen LogP contribution is 2.53. The Morgan fingerprint density at radius 2 is 1.51 bits per heavy atom. The topological polar surface area (TPSA) is 346 Å². The molecule has 70 heavy (non-hydrogen) atoms. The molecule has 3 aromatic carbocycles. The highest BCUT2D eigenvalue weighted by atomic mass is 16.8. The van der Waals surface area contributed by atoms with Gasteiger partial charge in [-0.25, -0.2) is 9.59 Å². The number of cyclic esters (lactones) is 1. The van der Waals surface area contributed by atoms with Gasteiger partial charge in [-0.05, 0) is 66.1 Å². The van der Waals surface area contributed by atoms with Crippen molar-refractivity contribution in [3.8, 4) is 28.7 Å². The molecule has 5 aliphatic rings. The molecule has 23 heteroatoms. The predicted octanol–water partition coefficient (Wildman–Crippen LogP) is -1.54. The summed E-state index contributed by atoms with van der Waals surface area (Å²) in [5, 5.41) is 107. The van der Waals surface area contributed by atoms with Crippen LogP contribution < -0.4 is 14.2 Å². The minimum atomic E-state index is -2.62. The number of aliphatic hydroxyl groups is 8. The lowest BCUT2D eigenvalue weighted by Crippen LogP contribution is -2.63.